The lowest BCUT2D eigenvalue weighted by Crippen LogP contribution is -2.40. The molecule has 0 unspecified atom stereocenters. The Morgan fingerprint density at radius 3 is 1.86 bits per heavy atom. The van der Waals surface area contributed by atoms with Crippen LogP contribution >= 0.6 is 0 Å². The second kappa shape index (κ2) is 12.9. The van der Waals surface area contributed by atoms with E-state index in [9.17, 15) is 4.79 Å². The van der Waals surface area contributed by atoms with Crippen LogP contribution in [0.1, 0.15) is 96.8 Å². The minimum Gasteiger partial charge on any atom is -0.373 e. The molecule has 2 saturated carbocycles. The van der Waals surface area contributed by atoms with Gasteiger partial charge in [-0.2, -0.15) is 5.90 Å². The fourth-order valence-corrected chi connectivity index (χ4v) is 3.45. The van der Waals surface area contributed by atoms with Crippen molar-refractivity contribution in [3.8, 4) is 0 Å². The summed E-state index contributed by atoms with van der Waals surface area (Å²) < 4.78 is 0. The Balaban J connectivity index is 0.000000239. The molecule has 3 N–H and O–H groups in total. The molecule has 4 nitrogen and oxygen atoms in total. The third kappa shape index (κ3) is 9.42. The first kappa shape index (κ1) is 19.4. The minimum atomic E-state index is -0.316. The van der Waals surface area contributed by atoms with Crippen LogP contribution in [0.3, 0.4) is 0 Å². The van der Waals surface area contributed by atoms with Crippen LogP contribution in [-0.4, -0.2) is 18.1 Å². The normalized spacial score (nSPS) is 20.1. The predicted molar refractivity (Wildman–Crippen MR) is 91.3 cm³/mol. The molecule has 0 radical (unpaired) electrons. The fourth-order valence-electron chi connectivity index (χ4n) is 3.45. The maximum Gasteiger partial charge on any atom is 0.324 e. The Morgan fingerprint density at radius 1 is 0.955 bits per heavy atom. The van der Waals surface area contributed by atoms with Crippen molar-refractivity contribution in [2.75, 3.05) is 0 Å². The number of unbranched alkanes of at least 4 members (excludes halogenated alkanes) is 2. The largest absolute Gasteiger partial charge is 0.373 e. The van der Waals surface area contributed by atoms with Gasteiger partial charge in [0.25, 0.3) is 0 Å². The molecule has 0 amide bonds. The molecule has 0 spiro atoms. The van der Waals surface area contributed by atoms with E-state index in [0.29, 0.717) is 6.42 Å². The van der Waals surface area contributed by atoms with Crippen molar-refractivity contribution >= 4 is 5.97 Å². The Kier molecular flexibility index (Phi) is 11.4. The van der Waals surface area contributed by atoms with Crippen LogP contribution < -0.4 is 11.2 Å². The highest BCUT2D eigenvalue weighted by Gasteiger charge is 2.19. The van der Waals surface area contributed by atoms with Crippen LogP contribution in [0.4, 0.5) is 0 Å². The maximum absolute atomic E-state index is 10.3. The van der Waals surface area contributed by atoms with E-state index in [2.05, 4.69) is 23.0 Å². The van der Waals surface area contributed by atoms with Crippen LogP contribution in [0.2, 0.25) is 0 Å². The van der Waals surface area contributed by atoms with E-state index in [1.807, 2.05) is 0 Å². The maximum atomic E-state index is 10.3. The van der Waals surface area contributed by atoms with Crippen LogP contribution in [0, 0.1) is 0 Å². The third-order valence-corrected chi connectivity index (χ3v) is 4.80. The Labute approximate surface area is 136 Å². The summed E-state index contributed by atoms with van der Waals surface area (Å²) in [5.41, 5.74) is 0. The topological polar surface area (TPSA) is 64.3 Å². The summed E-state index contributed by atoms with van der Waals surface area (Å²) in [4.78, 5) is 14.3. The van der Waals surface area contributed by atoms with Crippen molar-refractivity contribution in [3.63, 3.8) is 0 Å². The number of carbonyl (C=O) groups is 1. The van der Waals surface area contributed by atoms with Gasteiger partial charge in [0.15, 0.2) is 0 Å². The van der Waals surface area contributed by atoms with E-state index < -0.39 is 0 Å². The number of hydrogen-bond donors (Lipinski definition) is 2. The highest BCUT2D eigenvalue weighted by Crippen LogP contribution is 2.22. The second-order valence-corrected chi connectivity index (χ2v) is 6.78. The van der Waals surface area contributed by atoms with E-state index in [-0.39, 0.29) is 5.97 Å². The zero-order valence-corrected chi connectivity index (χ0v) is 14.4. The molecule has 0 aromatic carbocycles. The van der Waals surface area contributed by atoms with E-state index >= 15 is 0 Å². The van der Waals surface area contributed by atoms with Crippen LogP contribution in [-0.2, 0) is 9.63 Å². The van der Waals surface area contributed by atoms with Crippen molar-refractivity contribution in [1.82, 2.24) is 5.32 Å². The van der Waals surface area contributed by atoms with Crippen molar-refractivity contribution in [2.24, 2.45) is 5.90 Å². The number of hydrogen-bond acceptors (Lipinski definition) is 4. The smallest absolute Gasteiger partial charge is 0.324 e. The molecule has 130 valence electrons. The molecule has 0 aliphatic heterocycles. The van der Waals surface area contributed by atoms with Crippen molar-refractivity contribution in [2.45, 2.75) is 109 Å². The molecule has 2 fully saturated rings. The summed E-state index contributed by atoms with van der Waals surface area (Å²) in [6.45, 7) is 2.08. The van der Waals surface area contributed by atoms with E-state index in [1.54, 1.807) is 0 Å². The number of nitrogens with two attached hydrogens (primary N) is 1. The zero-order valence-electron chi connectivity index (χ0n) is 14.4. The molecule has 0 atom stereocenters. The summed E-state index contributed by atoms with van der Waals surface area (Å²) in [7, 11) is 0. The number of nitrogens with one attached hydrogen (secondary N) is 1. The number of rotatable bonds is 6. The SMILES string of the molecule is C1CCC(NC2CCCCC2)CC1.CCCCCC(=O)ON. The summed E-state index contributed by atoms with van der Waals surface area (Å²) in [5, 5.41) is 3.86. The molecule has 0 bridgehead atoms. The van der Waals surface area contributed by atoms with Gasteiger partial charge in [0.05, 0.1) is 0 Å². The first-order valence-electron chi connectivity index (χ1n) is 9.41. The first-order valence-corrected chi connectivity index (χ1v) is 9.41. The van der Waals surface area contributed by atoms with Gasteiger partial charge in [-0.3, -0.25) is 4.79 Å². The number of carbonyl (C=O) groups excluding carboxylic acids is 1. The summed E-state index contributed by atoms with van der Waals surface area (Å²) in [6.07, 6.45) is 18.1. The van der Waals surface area contributed by atoms with Gasteiger partial charge < -0.3 is 10.2 Å². The molecule has 2 rings (SSSR count). The second-order valence-electron chi connectivity index (χ2n) is 6.78. The van der Waals surface area contributed by atoms with Gasteiger partial charge in [0, 0.05) is 18.5 Å². The molecule has 22 heavy (non-hydrogen) atoms. The fraction of sp³-hybridized carbons (Fsp3) is 0.944. The van der Waals surface area contributed by atoms with Gasteiger partial charge in [0.2, 0.25) is 0 Å². The summed E-state index contributed by atoms with van der Waals surface area (Å²) >= 11 is 0. The van der Waals surface area contributed by atoms with Gasteiger partial charge in [-0.15, -0.1) is 0 Å². The first-order chi connectivity index (χ1) is 10.8. The lowest BCUT2D eigenvalue weighted by Gasteiger charge is -2.30. The minimum absolute atomic E-state index is 0.316. The molecule has 2 aliphatic rings. The van der Waals surface area contributed by atoms with Gasteiger partial charge in [-0.05, 0) is 32.1 Å². The van der Waals surface area contributed by atoms with Gasteiger partial charge in [0.1, 0.15) is 0 Å². The van der Waals surface area contributed by atoms with Gasteiger partial charge in [-0.1, -0.05) is 58.3 Å². The van der Waals surface area contributed by atoms with Crippen LogP contribution in [0.5, 0.6) is 0 Å². The highest BCUT2D eigenvalue weighted by molar-refractivity contribution is 5.68. The van der Waals surface area contributed by atoms with Crippen molar-refractivity contribution < 1.29 is 9.63 Å². The van der Waals surface area contributed by atoms with Crippen LogP contribution in [0.15, 0.2) is 0 Å². The van der Waals surface area contributed by atoms with Gasteiger partial charge in [-0.25, -0.2) is 0 Å². The van der Waals surface area contributed by atoms with Crippen molar-refractivity contribution in [1.29, 1.82) is 0 Å². The molecule has 0 aromatic rings. The van der Waals surface area contributed by atoms with E-state index in [0.717, 1.165) is 31.3 Å². The molecule has 4 heteroatoms. The molecule has 0 aromatic heterocycles. The summed E-state index contributed by atoms with van der Waals surface area (Å²) in [6, 6.07) is 1.74. The quantitative estimate of drug-likeness (QED) is 0.569. The average Bonchev–Trinajstić information content (AvgIpc) is 2.57. The Hall–Kier alpha value is -0.610. The van der Waals surface area contributed by atoms with E-state index in [4.69, 9.17) is 0 Å². The molecule has 2 aliphatic carbocycles. The average molecular weight is 312 g/mol. The molecule has 0 heterocycles. The predicted octanol–water partition coefficient (Wildman–Crippen LogP) is 4.23. The van der Waals surface area contributed by atoms with Crippen molar-refractivity contribution in [3.05, 3.63) is 0 Å². The lowest BCUT2D eigenvalue weighted by atomic mass is 9.91. The van der Waals surface area contributed by atoms with Gasteiger partial charge >= 0.3 is 5.97 Å². The Bertz CT molecular complexity index is 256. The molecule has 0 saturated heterocycles. The molecular formula is C18H36N2O2. The summed E-state index contributed by atoms with van der Waals surface area (Å²) in [5.74, 6) is 4.29. The molecular weight excluding hydrogens is 276 g/mol. The van der Waals surface area contributed by atoms with Crippen LogP contribution in [0.25, 0.3) is 0 Å². The lowest BCUT2D eigenvalue weighted by molar-refractivity contribution is -0.144. The monoisotopic (exact) mass is 312 g/mol. The van der Waals surface area contributed by atoms with E-state index in [1.165, 1.54) is 64.2 Å². The zero-order chi connectivity index (χ0) is 16.0. The highest BCUT2D eigenvalue weighted by atomic mass is 16.7. The standard InChI is InChI=1S/C12H23N.C6H13NO2/c1-3-7-11(8-4-1)13-12-9-5-2-6-10-12;1-2-3-4-5-6(8)9-7/h11-13H,1-10H2;2-5,7H2,1H3. The third-order valence-electron chi connectivity index (χ3n) is 4.80. The Morgan fingerprint density at radius 2 is 1.45 bits per heavy atom.